The van der Waals surface area contributed by atoms with E-state index in [1.54, 1.807) is 0 Å². The number of nitrogens with one attached hydrogen (secondary N) is 1. The molecule has 21 heavy (non-hydrogen) atoms. The van der Waals surface area contributed by atoms with Crippen molar-refractivity contribution in [3.05, 3.63) is 64.1 Å². The summed E-state index contributed by atoms with van der Waals surface area (Å²) < 4.78 is 27.4. The van der Waals surface area contributed by atoms with Crippen LogP contribution < -0.4 is 5.32 Å². The lowest BCUT2D eigenvalue weighted by atomic mass is 10.1. The summed E-state index contributed by atoms with van der Waals surface area (Å²) in [4.78, 5) is 11.7. The molecular weight excluding hydrogens is 340 g/mol. The first-order valence-corrected chi connectivity index (χ1v) is 7.34. The zero-order chi connectivity index (χ0) is 15.2. The Morgan fingerprint density at radius 1 is 1.10 bits per heavy atom. The summed E-state index contributed by atoms with van der Waals surface area (Å²) >= 11 is 2.99. The molecular formula is C16H14BrF2NO. The van der Waals surface area contributed by atoms with Crippen LogP contribution in [-0.4, -0.2) is 5.91 Å². The van der Waals surface area contributed by atoms with E-state index in [0.29, 0.717) is 10.9 Å². The molecule has 2 aromatic rings. The highest BCUT2D eigenvalue weighted by molar-refractivity contribution is 9.10. The summed E-state index contributed by atoms with van der Waals surface area (Å²) in [5, 5.41) is 2.28. The Hall–Kier alpha value is -1.75. The number of carbonyl (C=O) groups is 1. The van der Waals surface area contributed by atoms with Crippen LogP contribution in [0.2, 0.25) is 0 Å². The molecule has 0 fully saturated rings. The van der Waals surface area contributed by atoms with Gasteiger partial charge in [-0.3, -0.25) is 4.79 Å². The molecule has 0 aliphatic rings. The normalized spacial score (nSPS) is 10.4. The molecule has 0 aliphatic heterocycles. The summed E-state index contributed by atoms with van der Waals surface area (Å²) in [5.41, 5.74) is 0.731. The molecule has 0 radical (unpaired) electrons. The lowest BCUT2D eigenvalue weighted by Gasteiger charge is -2.08. The maximum atomic E-state index is 13.6. The average molecular weight is 354 g/mol. The van der Waals surface area contributed by atoms with Crippen molar-refractivity contribution in [3.8, 4) is 0 Å². The lowest BCUT2D eigenvalue weighted by molar-refractivity contribution is -0.116. The van der Waals surface area contributed by atoms with Crippen LogP contribution in [0.3, 0.4) is 0 Å². The number of halogens is 3. The molecule has 0 unspecified atom stereocenters. The third-order valence-electron chi connectivity index (χ3n) is 2.98. The second-order valence-electron chi connectivity index (χ2n) is 4.63. The van der Waals surface area contributed by atoms with Crippen molar-refractivity contribution in [2.45, 2.75) is 19.3 Å². The first kappa shape index (κ1) is 15.6. The number of benzene rings is 2. The number of aryl methyl sites for hydroxylation is 1. The maximum Gasteiger partial charge on any atom is 0.224 e. The van der Waals surface area contributed by atoms with Gasteiger partial charge in [0.05, 0.1) is 0 Å². The fourth-order valence-corrected chi connectivity index (χ4v) is 2.36. The van der Waals surface area contributed by atoms with Gasteiger partial charge in [-0.1, -0.05) is 46.3 Å². The second-order valence-corrected chi connectivity index (χ2v) is 5.55. The van der Waals surface area contributed by atoms with Crippen molar-refractivity contribution in [1.82, 2.24) is 0 Å². The topological polar surface area (TPSA) is 29.1 Å². The minimum atomic E-state index is -0.793. The van der Waals surface area contributed by atoms with Crippen LogP contribution in [0.1, 0.15) is 18.4 Å². The Bertz CT molecular complexity index is 608. The van der Waals surface area contributed by atoms with E-state index in [1.807, 2.05) is 30.3 Å². The molecule has 0 heterocycles. The third kappa shape index (κ3) is 4.63. The molecule has 5 heteroatoms. The SMILES string of the molecule is O=C(CCCc1ccccc1)Nc1c(F)cc(Br)cc1F. The highest BCUT2D eigenvalue weighted by atomic mass is 79.9. The van der Waals surface area contributed by atoms with Gasteiger partial charge in [0.25, 0.3) is 0 Å². The van der Waals surface area contributed by atoms with E-state index in [2.05, 4.69) is 21.2 Å². The molecule has 2 nitrogen and oxygen atoms in total. The molecule has 0 aromatic heterocycles. The van der Waals surface area contributed by atoms with E-state index in [0.717, 1.165) is 24.1 Å². The van der Waals surface area contributed by atoms with Gasteiger partial charge >= 0.3 is 0 Å². The fourth-order valence-electron chi connectivity index (χ4n) is 1.96. The van der Waals surface area contributed by atoms with E-state index in [-0.39, 0.29) is 6.42 Å². The van der Waals surface area contributed by atoms with Crippen molar-refractivity contribution in [2.24, 2.45) is 0 Å². The van der Waals surface area contributed by atoms with Crippen molar-refractivity contribution in [1.29, 1.82) is 0 Å². The summed E-state index contributed by atoms with van der Waals surface area (Å²) in [6.45, 7) is 0. The Labute approximate surface area is 130 Å². The lowest BCUT2D eigenvalue weighted by Crippen LogP contribution is -2.14. The van der Waals surface area contributed by atoms with E-state index in [9.17, 15) is 13.6 Å². The Morgan fingerprint density at radius 3 is 2.33 bits per heavy atom. The van der Waals surface area contributed by atoms with Crippen molar-refractivity contribution < 1.29 is 13.6 Å². The summed E-state index contributed by atoms with van der Waals surface area (Å²) in [5.74, 6) is -1.98. The van der Waals surface area contributed by atoms with Gasteiger partial charge in [0, 0.05) is 10.9 Å². The highest BCUT2D eigenvalue weighted by Crippen LogP contribution is 2.24. The second kappa shape index (κ2) is 7.31. The highest BCUT2D eigenvalue weighted by Gasteiger charge is 2.13. The van der Waals surface area contributed by atoms with Gasteiger partial charge in [-0.05, 0) is 30.5 Å². The van der Waals surface area contributed by atoms with Crippen LogP contribution in [0.5, 0.6) is 0 Å². The van der Waals surface area contributed by atoms with Crippen molar-refractivity contribution >= 4 is 27.5 Å². The monoisotopic (exact) mass is 353 g/mol. The number of anilines is 1. The first-order valence-electron chi connectivity index (χ1n) is 6.54. The summed E-state index contributed by atoms with van der Waals surface area (Å²) in [7, 11) is 0. The predicted octanol–water partition coefficient (Wildman–Crippen LogP) is 4.69. The Balaban J connectivity index is 1.88. The van der Waals surface area contributed by atoms with Gasteiger partial charge < -0.3 is 5.32 Å². The molecule has 0 saturated carbocycles. The quantitative estimate of drug-likeness (QED) is 0.829. The number of rotatable bonds is 5. The fraction of sp³-hybridized carbons (Fsp3) is 0.188. The van der Waals surface area contributed by atoms with Crippen LogP contribution in [0, 0.1) is 11.6 Å². The van der Waals surface area contributed by atoms with Crippen LogP contribution in [0.25, 0.3) is 0 Å². The Morgan fingerprint density at radius 2 is 1.71 bits per heavy atom. The summed E-state index contributed by atoms with van der Waals surface area (Å²) in [6.07, 6.45) is 1.58. The molecule has 0 aliphatic carbocycles. The average Bonchev–Trinajstić information content (AvgIpc) is 2.44. The molecule has 1 amide bonds. The van der Waals surface area contributed by atoms with Crippen molar-refractivity contribution in [3.63, 3.8) is 0 Å². The van der Waals surface area contributed by atoms with Gasteiger partial charge in [-0.2, -0.15) is 0 Å². The van der Waals surface area contributed by atoms with Gasteiger partial charge in [-0.15, -0.1) is 0 Å². The van der Waals surface area contributed by atoms with E-state index in [1.165, 1.54) is 0 Å². The molecule has 0 bridgehead atoms. The molecule has 2 rings (SSSR count). The van der Waals surface area contributed by atoms with E-state index < -0.39 is 23.2 Å². The van der Waals surface area contributed by atoms with Gasteiger partial charge in [0.1, 0.15) is 5.69 Å². The van der Waals surface area contributed by atoms with E-state index in [4.69, 9.17) is 0 Å². The molecule has 0 spiro atoms. The smallest absolute Gasteiger partial charge is 0.224 e. The predicted molar refractivity (Wildman–Crippen MR) is 82.1 cm³/mol. The minimum absolute atomic E-state index is 0.212. The molecule has 1 N–H and O–H groups in total. The van der Waals surface area contributed by atoms with Crippen LogP contribution in [-0.2, 0) is 11.2 Å². The van der Waals surface area contributed by atoms with Crippen LogP contribution in [0.15, 0.2) is 46.9 Å². The van der Waals surface area contributed by atoms with Crippen LogP contribution in [0.4, 0.5) is 14.5 Å². The minimum Gasteiger partial charge on any atom is -0.321 e. The molecule has 110 valence electrons. The number of carbonyl (C=O) groups excluding carboxylic acids is 1. The van der Waals surface area contributed by atoms with Gasteiger partial charge in [0.15, 0.2) is 11.6 Å². The van der Waals surface area contributed by atoms with E-state index >= 15 is 0 Å². The zero-order valence-corrected chi connectivity index (χ0v) is 12.8. The zero-order valence-electron chi connectivity index (χ0n) is 11.2. The molecule has 2 aromatic carbocycles. The van der Waals surface area contributed by atoms with Crippen molar-refractivity contribution in [2.75, 3.05) is 5.32 Å². The Kier molecular flexibility index (Phi) is 5.44. The van der Waals surface area contributed by atoms with Crippen LogP contribution >= 0.6 is 15.9 Å². The number of hydrogen-bond acceptors (Lipinski definition) is 1. The maximum absolute atomic E-state index is 13.6. The largest absolute Gasteiger partial charge is 0.321 e. The molecule has 0 atom stereocenters. The number of hydrogen-bond donors (Lipinski definition) is 1. The standard InChI is InChI=1S/C16H14BrF2NO/c17-12-9-13(18)16(14(19)10-12)20-15(21)8-4-7-11-5-2-1-3-6-11/h1-3,5-6,9-10H,4,7-8H2,(H,20,21). The third-order valence-corrected chi connectivity index (χ3v) is 3.44. The number of amides is 1. The van der Waals surface area contributed by atoms with Gasteiger partial charge in [-0.25, -0.2) is 8.78 Å². The summed E-state index contributed by atoms with van der Waals surface area (Å²) in [6, 6.07) is 12.0. The molecule has 0 saturated heterocycles. The first-order chi connectivity index (χ1) is 10.1. The van der Waals surface area contributed by atoms with Gasteiger partial charge in [0.2, 0.25) is 5.91 Å².